The lowest BCUT2D eigenvalue weighted by atomic mass is 9.84. The van der Waals surface area contributed by atoms with E-state index in [1.165, 1.54) is 25.7 Å². The third-order valence-electron chi connectivity index (χ3n) is 4.46. The van der Waals surface area contributed by atoms with E-state index in [4.69, 9.17) is 10.8 Å². The first-order valence-corrected chi connectivity index (χ1v) is 7.19. The largest absolute Gasteiger partial charge is 0.477 e. The summed E-state index contributed by atoms with van der Waals surface area (Å²) in [6, 6.07) is 1.25. The zero-order valence-corrected chi connectivity index (χ0v) is 12.0. The number of aromatic amines is 2. The highest BCUT2D eigenvalue weighted by Crippen LogP contribution is 2.49. The molecule has 0 amide bonds. The van der Waals surface area contributed by atoms with E-state index in [1.807, 2.05) is 9.97 Å². The van der Waals surface area contributed by atoms with Gasteiger partial charge in [0.15, 0.2) is 0 Å². The summed E-state index contributed by atoms with van der Waals surface area (Å²) in [5.41, 5.74) is 3.91. The molecule has 2 fully saturated rings. The van der Waals surface area contributed by atoms with Gasteiger partial charge in [0.05, 0.1) is 0 Å². The van der Waals surface area contributed by atoms with Crippen LogP contribution in [0.4, 0.5) is 0 Å². The molecule has 2 saturated carbocycles. The molecule has 4 atom stereocenters. The Labute approximate surface area is 121 Å². The minimum Gasteiger partial charge on any atom is -0.477 e. The van der Waals surface area contributed by atoms with Crippen molar-refractivity contribution in [3.63, 3.8) is 0 Å². The van der Waals surface area contributed by atoms with Crippen LogP contribution in [0.2, 0.25) is 0 Å². The molecule has 4 unspecified atom stereocenters. The number of aromatic nitrogens is 2. The predicted octanol–water partition coefficient (Wildman–Crippen LogP) is 0.531. The second kappa shape index (κ2) is 6.26. The lowest BCUT2D eigenvalue weighted by Gasteiger charge is -2.24. The number of hydrogen-bond donors (Lipinski definition) is 4. The highest BCUT2D eigenvalue weighted by atomic mass is 16.4. The number of nitrogens with two attached hydrogens (primary N) is 1. The highest BCUT2D eigenvalue weighted by Gasteiger charge is 2.40. The molecule has 3 rings (SSSR count). The number of H-pyrrole nitrogens is 2. The third kappa shape index (κ3) is 3.81. The first kappa shape index (κ1) is 15.5. The fourth-order valence-corrected chi connectivity index (χ4v) is 3.52. The minimum absolute atomic E-state index is 0.418. The molecule has 0 radical (unpaired) electrons. The normalized spacial score (nSPS) is 27.8. The summed E-state index contributed by atoms with van der Waals surface area (Å²) in [6.07, 6.45) is 5.89. The zero-order chi connectivity index (χ0) is 15.6. The van der Waals surface area contributed by atoms with Gasteiger partial charge in [-0.2, -0.15) is 0 Å². The van der Waals surface area contributed by atoms with Crippen molar-refractivity contribution < 1.29 is 9.90 Å². The van der Waals surface area contributed by atoms with Crippen molar-refractivity contribution in [1.82, 2.24) is 9.97 Å². The second-order valence-electron chi connectivity index (χ2n) is 6.00. The highest BCUT2D eigenvalue weighted by molar-refractivity contribution is 5.84. The summed E-state index contributed by atoms with van der Waals surface area (Å²) < 4.78 is 0. The summed E-state index contributed by atoms with van der Waals surface area (Å²) in [4.78, 5) is 34.9. The van der Waals surface area contributed by atoms with Gasteiger partial charge in [-0.3, -0.25) is 9.78 Å². The monoisotopic (exact) mass is 295 g/mol. The molecule has 7 nitrogen and oxygen atoms in total. The number of hydrogen-bond acceptors (Lipinski definition) is 4. The van der Waals surface area contributed by atoms with E-state index in [0.29, 0.717) is 6.04 Å². The Bertz CT molecular complexity index is 591. The van der Waals surface area contributed by atoms with Gasteiger partial charge in [-0.25, -0.2) is 9.59 Å². The minimum atomic E-state index is -1.34. The molecule has 1 aromatic heterocycles. The predicted molar refractivity (Wildman–Crippen MR) is 77.2 cm³/mol. The van der Waals surface area contributed by atoms with Crippen molar-refractivity contribution in [2.45, 2.75) is 38.6 Å². The van der Waals surface area contributed by atoms with Gasteiger partial charge in [0.25, 0.3) is 5.56 Å². The summed E-state index contributed by atoms with van der Waals surface area (Å²) in [7, 11) is 0. The number of carboxylic acids is 1. The maximum absolute atomic E-state index is 10.5. The lowest BCUT2D eigenvalue weighted by Crippen LogP contribution is -2.30. The zero-order valence-electron chi connectivity index (χ0n) is 12.0. The molecule has 0 aromatic carbocycles. The molecule has 2 aliphatic carbocycles. The van der Waals surface area contributed by atoms with Gasteiger partial charge in [0.1, 0.15) is 5.69 Å². The number of fused-ring (bicyclic) bond motifs is 2. The standard InChI is InChI=1S/C9H17N.C5H4N2O4/c1-6(10)9-5-7-2-3-8(9)4-7;8-3-1-2(4(9)10)6-5(11)7-3/h6-9H,2-5,10H2,1H3;1H,(H,9,10)(H2,6,7,8,11). The van der Waals surface area contributed by atoms with E-state index in [0.717, 1.165) is 23.8 Å². The molecule has 5 N–H and O–H groups in total. The van der Waals surface area contributed by atoms with Crippen molar-refractivity contribution in [3.8, 4) is 0 Å². The quantitative estimate of drug-likeness (QED) is 0.632. The maximum Gasteiger partial charge on any atom is 0.352 e. The van der Waals surface area contributed by atoms with Gasteiger partial charge in [0, 0.05) is 12.1 Å². The average Bonchev–Trinajstić information content (AvgIpc) is 3.00. The SMILES string of the molecule is CC(N)C1CC2CCC1C2.O=C(O)c1cc(=O)[nH]c(=O)[nH]1. The smallest absolute Gasteiger partial charge is 0.352 e. The lowest BCUT2D eigenvalue weighted by molar-refractivity contribution is 0.0689. The number of carbonyl (C=O) groups is 1. The Morgan fingerprint density at radius 1 is 1.33 bits per heavy atom. The molecular weight excluding hydrogens is 274 g/mol. The first-order chi connectivity index (χ1) is 9.86. The van der Waals surface area contributed by atoms with E-state index in [1.54, 1.807) is 0 Å². The summed E-state index contributed by atoms with van der Waals surface area (Å²) >= 11 is 0. The van der Waals surface area contributed by atoms with Crippen LogP contribution in [0.15, 0.2) is 15.7 Å². The van der Waals surface area contributed by atoms with Gasteiger partial charge < -0.3 is 15.8 Å². The average molecular weight is 295 g/mol. The van der Waals surface area contributed by atoms with Crippen LogP contribution in [0.1, 0.15) is 43.1 Å². The third-order valence-corrected chi connectivity index (χ3v) is 4.46. The van der Waals surface area contributed by atoms with Gasteiger partial charge >= 0.3 is 11.7 Å². The van der Waals surface area contributed by atoms with E-state index in [9.17, 15) is 14.4 Å². The van der Waals surface area contributed by atoms with Crippen molar-refractivity contribution in [2.75, 3.05) is 0 Å². The van der Waals surface area contributed by atoms with E-state index in [-0.39, 0.29) is 0 Å². The molecule has 0 aliphatic heterocycles. The fourth-order valence-electron chi connectivity index (χ4n) is 3.52. The fraction of sp³-hybridized carbons (Fsp3) is 0.643. The van der Waals surface area contributed by atoms with Crippen LogP contribution in [-0.4, -0.2) is 27.1 Å². The number of carboxylic acid groups (broad SMARTS) is 1. The van der Waals surface area contributed by atoms with Gasteiger partial charge in [-0.05, 0) is 43.9 Å². The summed E-state index contributed by atoms with van der Waals surface area (Å²) in [6.45, 7) is 2.17. The maximum atomic E-state index is 10.5. The number of nitrogens with one attached hydrogen (secondary N) is 2. The molecule has 2 bridgehead atoms. The van der Waals surface area contributed by atoms with Crippen LogP contribution in [-0.2, 0) is 0 Å². The van der Waals surface area contributed by atoms with Crippen LogP contribution in [0.3, 0.4) is 0 Å². The first-order valence-electron chi connectivity index (χ1n) is 7.19. The van der Waals surface area contributed by atoms with Crippen molar-refractivity contribution in [3.05, 3.63) is 32.6 Å². The molecular formula is C14H21N3O4. The molecule has 0 saturated heterocycles. The molecule has 2 aliphatic rings. The van der Waals surface area contributed by atoms with Crippen molar-refractivity contribution in [1.29, 1.82) is 0 Å². The van der Waals surface area contributed by atoms with Crippen LogP contribution >= 0.6 is 0 Å². The molecule has 0 spiro atoms. The van der Waals surface area contributed by atoms with Crippen molar-refractivity contribution >= 4 is 5.97 Å². The second-order valence-corrected chi connectivity index (χ2v) is 6.00. The molecule has 1 aromatic rings. The molecule has 1 heterocycles. The van der Waals surface area contributed by atoms with Crippen LogP contribution < -0.4 is 17.0 Å². The Balaban J connectivity index is 0.000000154. The Morgan fingerprint density at radius 3 is 2.43 bits per heavy atom. The van der Waals surface area contributed by atoms with E-state index in [2.05, 4.69) is 6.92 Å². The summed E-state index contributed by atoms with van der Waals surface area (Å²) in [5.74, 6) is 1.60. The van der Waals surface area contributed by atoms with Gasteiger partial charge in [-0.15, -0.1) is 0 Å². The van der Waals surface area contributed by atoms with Gasteiger partial charge in [-0.1, -0.05) is 6.42 Å². The Morgan fingerprint density at radius 2 is 2.05 bits per heavy atom. The van der Waals surface area contributed by atoms with Crippen LogP contribution in [0.25, 0.3) is 0 Å². The molecule has 116 valence electrons. The Hall–Kier alpha value is -1.89. The number of aromatic carboxylic acids is 1. The van der Waals surface area contributed by atoms with E-state index >= 15 is 0 Å². The van der Waals surface area contributed by atoms with Crippen molar-refractivity contribution in [2.24, 2.45) is 23.5 Å². The topological polar surface area (TPSA) is 129 Å². The number of rotatable bonds is 2. The van der Waals surface area contributed by atoms with Crippen LogP contribution in [0.5, 0.6) is 0 Å². The van der Waals surface area contributed by atoms with Crippen LogP contribution in [0, 0.1) is 17.8 Å². The Kier molecular flexibility index (Phi) is 4.62. The summed E-state index contributed by atoms with van der Waals surface area (Å²) in [5, 5.41) is 8.31. The van der Waals surface area contributed by atoms with E-state index < -0.39 is 22.9 Å². The van der Waals surface area contributed by atoms with Gasteiger partial charge in [0.2, 0.25) is 0 Å². The molecule has 7 heteroatoms. The molecule has 21 heavy (non-hydrogen) atoms.